The van der Waals surface area contributed by atoms with Gasteiger partial charge in [0.25, 0.3) is 0 Å². The minimum Gasteiger partial charge on any atom is -0.356 e. The Labute approximate surface area is 166 Å². The molecule has 1 saturated carbocycles. The summed E-state index contributed by atoms with van der Waals surface area (Å²) in [4.78, 5) is 8.07. The Morgan fingerprint density at radius 2 is 2.04 bits per heavy atom. The van der Waals surface area contributed by atoms with E-state index in [4.69, 9.17) is 0 Å². The Hall–Kier alpha value is -1.08. The third kappa shape index (κ3) is 5.21. The van der Waals surface area contributed by atoms with Crippen molar-refractivity contribution < 1.29 is 0 Å². The number of benzene rings is 1. The highest BCUT2D eigenvalue weighted by molar-refractivity contribution is 14.0. The summed E-state index contributed by atoms with van der Waals surface area (Å²) in [6.45, 7) is 2.00. The van der Waals surface area contributed by atoms with Crippen molar-refractivity contribution in [3.05, 3.63) is 58.3 Å². The predicted molar refractivity (Wildman–Crippen MR) is 115 cm³/mol. The number of guanidine groups is 1. The quantitative estimate of drug-likeness (QED) is 0.401. The fourth-order valence-electron chi connectivity index (χ4n) is 3.03. The van der Waals surface area contributed by atoms with Gasteiger partial charge in [0.15, 0.2) is 5.96 Å². The van der Waals surface area contributed by atoms with Crippen LogP contribution in [0.4, 0.5) is 0 Å². The van der Waals surface area contributed by atoms with Crippen molar-refractivity contribution in [3.63, 3.8) is 0 Å². The molecule has 2 aromatic rings. The third-order valence-corrected chi connectivity index (χ3v) is 5.46. The smallest absolute Gasteiger partial charge is 0.193 e. The van der Waals surface area contributed by atoms with E-state index in [1.165, 1.54) is 16.9 Å². The molecule has 0 radical (unpaired) electrons. The fraction of sp³-hybridized carbons (Fsp3) is 0.421. The second-order valence-electron chi connectivity index (χ2n) is 6.19. The molecule has 5 heteroatoms. The van der Waals surface area contributed by atoms with Crippen LogP contribution in [0.25, 0.3) is 0 Å². The second-order valence-corrected chi connectivity index (χ2v) is 7.22. The first-order valence-corrected chi connectivity index (χ1v) is 9.15. The van der Waals surface area contributed by atoms with Crippen LogP contribution in [-0.4, -0.2) is 38.0 Å². The summed E-state index contributed by atoms with van der Waals surface area (Å²) in [7, 11) is 3.98. The van der Waals surface area contributed by atoms with Gasteiger partial charge in [0.1, 0.15) is 0 Å². The highest BCUT2D eigenvalue weighted by atomic mass is 127. The molecular formula is C19H26IN3S. The largest absolute Gasteiger partial charge is 0.356 e. The first-order chi connectivity index (χ1) is 11.3. The predicted octanol–water partition coefficient (Wildman–Crippen LogP) is 4.22. The van der Waals surface area contributed by atoms with E-state index in [0.29, 0.717) is 0 Å². The Bertz CT molecular complexity index is 627. The summed E-state index contributed by atoms with van der Waals surface area (Å²) in [5.74, 6) is 2.46. The number of thiophene rings is 1. The zero-order valence-electron chi connectivity index (χ0n) is 14.3. The van der Waals surface area contributed by atoms with Crippen molar-refractivity contribution in [3.8, 4) is 0 Å². The molecule has 2 atom stereocenters. The van der Waals surface area contributed by atoms with Crippen LogP contribution >= 0.6 is 35.3 Å². The average molecular weight is 455 g/mol. The molecule has 2 unspecified atom stereocenters. The number of aliphatic imine (C=N–C) groups is 1. The van der Waals surface area contributed by atoms with Crippen LogP contribution in [0.15, 0.2) is 52.8 Å². The number of rotatable bonds is 6. The second kappa shape index (κ2) is 9.42. The highest BCUT2D eigenvalue weighted by Gasteiger charge is 2.37. The Balaban J connectivity index is 0.00000208. The van der Waals surface area contributed by atoms with E-state index in [1.54, 1.807) is 0 Å². The summed E-state index contributed by atoms with van der Waals surface area (Å²) in [6, 6.07) is 15.2. The zero-order chi connectivity index (χ0) is 16.1. The Morgan fingerprint density at radius 3 is 2.71 bits per heavy atom. The van der Waals surface area contributed by atoms with E-state index in [0.717, 1.165) is 37.3 Å². The highest BCUT2D eigenvalue weighted by Crippen LogP contribution is 2.46. The van der Waals surface area contributed by atoms with E-state index in [2.05, 4.69) is 70.1 Å². The van der Waals surface area contributed by atoms with Crippen molar-refractivity contribution in [2.45, 2.75) is 18.8 Å². The number of hydrogen-bond acceptors (Lipinski definition) is 2. The van der Waals surface area contributed by atoms with Crippen molar-refractivity contribution in [1.82, 2.24) is 10.2 Å². The molecule has 0 saturated heterocycles. The third-order valence-electron chi connectivity index (χ3n) is 4.52. The zero-order valence-corrected chi connectivity index (χ0v) is 17.5. The van der Waals surface area contributed by atoms with Gasteiger partial charge in [-0.05, 0) is 41.7 Å². The lowest BCUT2D eigenvalue weighted by Gasteiger charge is -2.22. The molecule has 1 aliphatic carbocycles. The van der Waals surface area contributed by atoms with Crippen LogP contribution < -0.4 is 5.32 Å². The van der Waals surface area contributed by atoms with Crippen LogP contribution in [0.3, 0.4) is 0 Å². The van der Waals surface area contributed by atoms with Gasteiger partial charge in [-0.3, -0.25) is 4.99 Å². The summed E-state index contributed by atoms with van der Waals surface area (Å²) in [5.41, 5.74) is 1.47. The molecule has 1 N–H and O–H groups in total. The first-order valence-electron chi connectivity index (χ1n) is 8.27. The van der Waals surface area contributed by atoms with Crippen LogP contribution in [-0.2, 0) is 6.42 Å². The van der Waals surface area contributed by atoms with Gasteiger partial charge in [0, 0.05) is 32.1 Å². The van der Waals surface area contributed by atoms with Crippen LogP contribution in [0.5, 0.6) is 0 Å². The molecule has 3 nitrogen and oxygen atoms in total. The molecule has 0 aliphatic heterocycles. The van der Waals surface area contributed by atoms with Crippen molar-refractivity contribution >= 4 is 41.3 Å². The number of nitrogens with zero attached hydrogens (tertiary/aromatic N) is 2. The van der Waals surface area contributed by atoms with E-state index in [1.807, 2.05) is 18.4 Å². The minimum absolute atomic E-state index is 0. The molecule has 1 aromatic heterocycles. The Kier molecular flexibility index (Phi) is 7.55. The van der Waals surface area contributed by atoms with Gasteiger partial charge in [0.2, 0.25) is 0 Å². The minimum atomic E-state index is 0. The first kappa shape index (κ1) is 19.2. The summed E-state index contributed by atoms with van der Waals surface area (Å²) >= 11 is 1.82. The maximum absolute atomic E-state index is 4.42. The van der Waals surface area contributed by atoms with E-state index in [-0.39, 0.29) is 24.0 Å². The lowest BCUT2D eigenvalue weighted by atomic mass is 10.1. The van der Waals surface area contributed by atoms with E-state index in [9.17, 15) is 0 Å². The van der Waals surface area contributed by atoms with Gasteiger partial charge >= 0.3 is 0 Å². The molecule has 130 valence electrons. The monoisotopic (exact) mass is 455 g/mol. The normalized spacial score (nSPS) is 19.5. The standard InChI is InChI=1S/C19H25N3S.HI/c1-20-19(22(2)11-10-17-9-6-12-23-17)21-14-16-13-18(16)15-7-4-3-5-8-15;/h3-9,12,16,18H,10-11,13-14H2,1-2H3,(H,20,21);1H. The molecule has 1 heterocycles. The number of likely N-dealkylation sites (N-methyl/N-ethyl adjacent to an activating group) is 1. The number of hydrogen-bond donors (Lipinski definition) is 1. The molecule has 3 rings (SSSR count). The fourth-order valence-corrected chi connectivity index (χ4v) is 3.73. The van der Waals surface area contributed by atoms with E-state index < -0.39 is 0 Å². The lowest BCUT2D eigenvalue weighted by Crippen LogP contribution is -2.40. The van der Waals surface area contributed by atoms with Crippen LogP contribution in [0.1, 0.15) is 22.8 Å². The lowest BCUT2D eigenvalue weighted by molar-refractivity contribution is 0.484. The van der Waals surface area contributed by atoms with Gasteiger partial charge in [-0.25, -0.2) is 0 Å². The summed E-state index contributed by atoms with van der Waals surface area (Å²) in [5, 5.41) is 5.68. The number of nitrogens with one attached hydrogen (secondary N) is 1. The van der Waals surface area contributed by atoms with Crippen LogP contribution in [0.2, 0.25) is 0 Å². The van der Waals surface area contributed by atoms with Crippen LogP contribution in [0, 0.1) is 5.92 Å². The molecule has 1 fully saturated rings. The topological polar surface area (TPSA) is 27.6 Å². The van der Waals surface area contributed by atoms with Gasteiger partial charge in [-0.1, -0.05) is 36.4 Å². The summed E-state index contributed by atoms with van der Waals surface area (Å²) < 4.78 is 0. The Morgan fingerprint density at radius 1 is 1.25 bits per heavy atom. The van der Waals surface area contributed by atoms with Crippen molar-refractivity contribution in [2.24, 2.45) is 10.9 Å². The SMILES string of the molecule is CN=C(NCC1CC1c1ccccc1)N(C)CCc1cccs1.I. The van der Waals surface area contributed by atoms with Gasteiger partial charge in [-0.2, -0.15) is 0 Å². The van der Waals surface area contributed by atoms with Gasteiger partial charge in [-0.15, -0.1) is 35.3 Å². The maximum Gasteiger partial charge on any atom is 0.193 e. The van der Waals surface area contributed by atoms with Gasteiger partial charge in [0.05, 0.1) is 0 Å². The molecule has 0 spiro atoms. The van der Waals surface area contributed by atoms with E-state index >= 15 is 0 Å². The molecule has 0 amide bonds. The van der Waals surface area contributed by atoms with Crippen molar-refractivity contribution in [1.29, 1.82) is 0 Å². The summed E-state index contributed by atoms with van der Waals surface area (Å²) in [6.07, 6.45) is 2.36. The average Bonchev–Trinajstić information content (AvgIpc) is 3.17. The molecule has 1 aromatic carbocycles. The number of halogens is 1. The molecular weight excluding hydrogens is 429 g/mol. The molecule has 0 bridgehead atoms. The van der Waals surface area contributed by atoms with Crippen molar-refractivity contribution in [2.75, 3.05) is 27.2 Å². The van der Waals surface area contributed by atoms with Gasteiger partial charge < -0.3 is 10.2 Å². The molecule has 24 heavy (non-hydrogen) atoms. The maximum atomic E-state index is 4.42. The molecule has 1 aliphatic rings.